The van der Waals surface area contributed by atoms with Crippen LogP contribution in [-0.4, -0.2) is 40.5 Å². The number of aromatic nitrogens is 3. The number of aliphatic hydroxyl groups is 1. The van der Waals surface area contributed by atoms with E-state index in [1.165, 1.54) is 34.6 Å². The summed E-state index contributed by atoms with van der Waals surface area (Å²) in [7, 11) is -2.11. The maximum Gasteiger partial charge on any atom is 0.264 e. The van der Waals surface area contributed by atoms with Crippen LogP contribution in [0.5, 0.6) is 0 Å². The number of sulfonamides is 1. The highest BCUT2D eigenvalue weighted by atomic mass is 32.2. The number of anilines is 3. The largest absolute Gasteiger partial charge is 0.396 e. The summed E-state index contributed by atoms with van der Waals surface area (Å²) in [6, 6.07) is 4.76. The van der Waals surface area contributed by atoms with Gasteiger partial charge in [0, 0.05) is 32.3 Å². The number of pyridine rings is 1. The molecule has 0 unspecified atom stereocenters. The van der Waals surface area contributed by atoms with Gasteiger partial charge in [-0.2, -0.15) is 0 Å². The Kier molecular flexibility index (Phi) is 5.89. The van der Waals surface area contributed by atoms with Crippen molar-refractivity contribution in [2.75, 3.05) is 22.9 Å². The molecule has 0 atom stereocenters. The molecule has 0 saturated heterocycles. The van der Waals surface area contributed by atoms with Gasteiger partial charge in [0.1, 0.15) is 11.2 Å². The fourth-order valence-corrected chi connectivity index (χ4v) is 3.46. The van der Waals surface area contributed by atoms with E-state index in [1.807, 2.05) is 0 Å². The number of halogens is 1. The van der Waals surface area contributed by atoms with Crippen molar-refractivity contribution < 1.29 is 17.9 Å². The third kappa shape index (κ3) is 4.49. The molecule has 3 N–H and O–H groups in total. The SMILES string of the molecule is Cn1c(=O)cc(Nc2ccc(NS(C)(=O)=O)cc2F)c2c(=O)n(CCCO)cnc21. The Morgan fingerprint density at radius 3 is 2.57 bits per heavy atom. The third-order valence-corrected chi connectivity index (χ3v) is 4.91. The van der Waals surface area contributed by atoms with Gasteiger partial charge in [0.05, 0.1) is 29.6 Å². The van der Waals surface area contributed by atoms with Crippen molar-refractivity contribution in [3.05, 3.63) is 57.1 Å². The lowest BCUT2D eigenvalue weighted by atomic mass is 10.2. The third-order valence-electron chi connectivity index (χ3n) is 4.30. The van der Waals surface area contributed by atoms with Gasteiger partial charge in [-0.05, 0) is 18.6 Å². The molecule has 160 valence electrons. The summed E-state index contributed by atoms with van der Waals surface area (Å²) in [5, 5.41) is 11.8. The summed E-state index contributed by atoms with van der Waals surface area (Å²) >= 11 is 0. The molecule has 0 saturated carbocycles. The fraction of sp³-hybridized carbons (Fsp3) is 0.278. The van der Waals surface area contributed by atoms with Crippen LogP contribution in [0.25, 0.3) is 11.0 Å². The average molecular weight is 437 g/mol. The van der Waals surface area contributed by atoms with E-state index in [4.69, 9.17) is 5.11 Å². The Morgan fingerprint density at radius 2 is 1.93 bits per heavy atom. The molecular weight excluding hydrogens is 417 g/mol. The second-order valence-electron chi connectivity index (χ2n) is 6.67. The van der Waals surface area contributed by atoms with Crippen LogP contribution in [0.15, 0.2) is 40.2 Å². The van der Waals surface area contributed by atoms with E-state index in [9.17, 15) is 22.4 Å². The molecule has 1 aromatic carbocycles. The molecule has 10 nitrogen and oxygen atoms in total. The quantitative estimate of drug-likeness (QED) is 0.496. The van der Waals surface area contributed by atoms with Gasteiger partial charge in [-0.3, -0.25) is 23.4 Å². The predicted octanol–water partition coefficient (Wildman–Crippen LogP) is 0.732. The number of aryl methyl sites for hydroxylation is 2. The maximum absolute atomic E-state index is 14.5. The number of benzene rings is 1. The van der Waals surface area contributed by atoms with Gasteiger partial charge in [0.25, 0.3) is 11.1 Å². The summed E-state index contributed by atoms with van der Waals surface area (Å²) in [6.07, 6.45) is 2.57. The lowest BCUT2D eigenvalue weighted by molar-refractivity contribution is 0.279. The molecule has 2 aromatic heterocycles. The summed E-state index contributed by atoms with van der Waals surface area (Å²) in [5.41, 5.74) is -0.767. The van der Waals surface area contributed by atoms with Crippen LogP contribution < -0.4 is 21.2 Å². The molecule has 0 amide bonds. The molecule has 30 heavy (non-hydrogen) atoms. The monoisotopic (exact) mass is 437 g/mol. The minimum Gasteiger partial charge on any atom is -0.396 e. The van der Waals surface area contributed by atoms with E-state index >= 15 is 0 Å². The first-order valence-electron chi connectivity index (χ1n) is 8.85. The summed E-state index contributed by atoms with van der Waals surface area (Å²) in [5.74, 6) is -0.790. The Labute approximate surface area is 170 Å². The fourth-order valence-electron chi connectivity index (χ4n) is 2.91. The van der Waals surface area contributed by atoms with Crippen LogP contribution in [0, 0.1) is 5.82 Å². The first kappa shape index (κ1) is 21.5. The second kappa shape index (κ2) is 8.24. The zero-order chi connectivity index (χ0) is 22.1. The van der Waals surface area contributed by atoms with E-state index in [2.05, 4.69) is 15.0 Å². The molecule has 0 radical (unpaired) electrons. The number of fused-ring (bicyclic) bond motifs is 1. The van der Waals surface area contributed by atoms with Gasteiger partial charge in [0.2, 0.25) is 10.0 Å². The topological polar surface area (TPSA) is 135 Å². The van der Waals surface area contributed by atoms with Crippen LogP contribution in [0.3, 0.4) is 0 Å². The molecule has 12 heteroatoms. The van der Waals surface area contributed by atoms with Crippen molar-refractivity contribution in [1.82, 2.24) is 14.1 Å². The normalized spacial score (nSPS) is 11.6. The van der Waals surface area contributed by atoms with Crippen molar-refractivity contribution in [3.63, 3.8) is 0 Å². The predicted molar refractivity (Wildman–Crippen MR) is 111 cm³/mol. The van der Waals surface area contributed by atoms with E-state index in [0.717, 1.165) is 18.4 Å². The zero-order valence-electron chi connectivity index (χ0n) is 16.2. The maximum atomic E-state index is 14.5. The minimum atomic E-state index is -3.57. The molecule has 3 rings (SSSR count). The Bertz CT molecular complexity index is 1330. The highest BCUT2D eigenvalue weighted by Gasteiger charge is 2.15. The van der Waals surface area contributed by atoms with Crippen LogP contribution in [0.1, 0.15) is 6.42 Å². The number of aliphatic hydroxyl groups excluding tert-OH is 1. The van der Waals surface area contributed by atoms with Gasteiger partial charge in [-0.25, -0.2) is 17.8 Å². The molecule has 0 aliphatic carbocycles. The Hall–Kier alpha value is -3.25. The summed E-state index contributed by atoms with van der Waals surface area (Å²) < 4.78 is 41.8. The molecule has 0 bridgehead atoms. The molecular formula is C18H20FN5O5S. The molecule has 0 aliphatic heterocycles. The van der Waals surface area contributed by atoms with Gasteiger partial charge >= 0.3 is 0 Å². The van der Waals surface area contributed by atoms with E-state index in [1.54, 1.807) is 0 Å². The molecule has 2 heterocycles. The van der Waals surface area contributed by atoms with Gasteiger partial charge in [-0.15, -0.1) is 0 Å². The van der Waals surface area contributed by atoms with Crippen LogP contribution in [0.2, 0.25) is 0 Å². The van der Waals surface area contributed by atoms with Gasteiger partial charge < -0.3 is 10.4 Å². The zero-order valence-corrected chi connectivity index (χ0v) is 17.0. The van der Waals surface area contributed by atoms with Crippen LogP contribution >= 0.6 is 0 Å². The lowest BCUT2D eigenvalue weighted by Crippen LogP contribution is -2.26. The molecule has 0 fully saturated rings. The molecule has 3 aromatic rings. The first-order valence-corrected chi connectivity index (χ1v) is 10.7. The van der Waals surface area contributed by atoms with Crippen molar-refractivity contribution in [3.8, 4) is 0 Å². The second-order valence-corrected chi connectivity index (χ2v) is 8.42. The smallest absolute Gasteiger partial charge is 0.264 e. The van der Waals surface area contributed by atoms with Crippen LogP contribution in [-0.2, 0) is 23.6 Å². The van der Waals surface area contributed by atoms with E-state index in [0.29, 0.717) is 6.42 Å². The highest BCUT2D eigenvalue weighted by molar-refractivity contribution is 7.92. The first-order chi connectivity index (χ1) is 14.1. The van der Waals surface area contributed by atoms with Crippen molar-refractivity contribution in [1.29, 1.82) is 0 Å². The molecule has 0 aliphatic rings. The van der Waals surface area contributed by atoms with E-state index < -0.39 is 27.0 Å². The number of nitrogens with zero attached hydrogens (tertiary/aromatic N) is 3. The van der Waals surface area contributed by atoms with Crippen LogP contribution in [0.4, 0.5) is 21.5 Å². The van der Waals surface area contributed by atoms with Crippen molar-refractivity contribution in [2.45, 2.75) is 13.0 Å². The standard InChI is InChI=1S/C18H20FN5O5S/c1-23-15(26)9-14(16-17(23)20-10-24(18(16)27)6-3-7-25)21-13-5-4-11(8-12(13)19)22-30(2,28)29/h4-5,8-10,21-22,25H,3,6-7H2,1-2H3. The number of hydrogen-bond donors (Lipinski definition) is 3. The van der Waals surface area contributed by atoms with Crippen molar-refractivity contribution in [2.24, 2.45) is 7.05 Å². The number of hydrogen-bond acceptors (Lipinski definition) is 7. The minimum absolute atomic E-state index is 0.0300. The Balaban J connectivity index is 2.11. The summed E-state index contributed by atoms with van der Waals surface area (Å²) in [4.78, 5) is 29.4. The number of nitrogens with one attached hydrogen (secondary N) is 2. The Morgan fingerprint density at radius 1 is 1.20 bits per heavy atom. The van der Waals surface area contributed by atoms with E-state index in [-0.39, 0.29) is 41.2 Å². The average Bonchev–Trinajstić information content (AvgIpc) is 2.65. The highest BCUT2D eigenvalue weighted by Crippen LogP contribution is 2.25. The van der Waals surface area contributed by atoms with Gasteiger partial charge in [0.15, 0.2) is 5.65 Å². The summed E-state index contributed by atoms with van der Waals surface area (Å²) in [6.45, 7) is 0.114. The number of rotatable bonds is 7. The van der Waals surface area contributed by atoms with Gasteiger partial charge in [-0.1, -0.05) is 0 Å². The van der Waals surface area contributed by atoms with Crippen molar-refractivity contribution >= 4 is 38.1 Å². The lowest BCUT2D eigenvalue weighted by Gasteiger charge is -2.14. The molecule has 0 spiro atoms.